The molecule has 32 heavy (non-hydrogen) atoms. The molecule has 1 N–H and O–H groups in total. The number of methoxy groups -OCH3 is 1. The monoisotopic (exact) mass is 504 g/mol. The molecule has 2 aromatic heterocycles. The van der Waals surface area contributed by atoms with Crippen molar-refractivity contribution in [2.75, 3.05) is 12.0 Å². The van der Waals surface area contributed by atoms with Crippen molar-refractivity contribution in [3.8, 4) is 11.4 Å². The van der Waals surface area contributed by atoms with Crippen LogP contribution < -0.4 is 15.0 Å². The number of rotatable bonds is 5. The van der Waals surface area contributed by atoms with Crippen LogP contribution in [0.1, 0.15) is 23.5 Å². The highest BCUT2D eigenvalue weighted by Crippen LogP contribution is 2.42. The minimum absolute atomic E-state index is 0.108. The first-order valence-electron chi connectivity index (χ1n) is 10.2. The van der Waals surface area contributed by atoms with Gasteiger partial charge in [-0.3, -0.25) is 4.98 Å². The fraction of sp³-hybridized carbons (Fsp3) is 0.120. The van der Waals surface area contributed by atoms with Crippen LogP contribution in [-0.2, 0) is 0 Å². The number of aromatic nitrogens is 2. The summed E-state index contributed by atoms with van der Waals surface area (Å²) in [6, 6.07) is 26.2. The lowest BCUT2D eigenvalue weighted by Gasteiger charge is -2.29. The molecule has 5 rings (SSSR count). The van der Waals surface area contributed by atoms with Gasteiger partial charge >= 0.3 is 0 Å². The third-order valence-electron chi connectivity index (χ3n) is 5.62. The van der Waals surface area contributed by atoms with Crippen molar-refractivity contribution < 1.29 is 4.74 Å². The van der Waals surface area contributed by atoms with E-state index in [1.807, 2.05) is 54.7 Å². The fourth-order valence-electron chi connectivity index (χ4n) is 4.17. The molecule has 0 amide bonds. The third kappa shape index (κ3) is 3.78. The lowest BCUT2D eigenvalue weighted by molar-refractivity contribution is 0.414. The average molecular weight is 505 g/mol. The van der Waals surface area contributed by atoms with Crippen LogP contribution in [0, 0.1) is 0 Å². The van der Waals surface area contributed by atoms with Crippen molar-refractivity contribution in [1.82, 2.24) is 14.9 Å². The van der Waals surface area contributed by atoms with E-state index < -0.39 is 0 Å². The molecule has 1 fully saturated rings. The van der Waals surface area contributed by atoms with Gasteiger partial charge in [0.1, 0.15) is 11.8 Å². The van der Waals surface area contributed by atoms with Gasteiger partial charge in [0.2, 0.25) is 0 Å². The second-order valence-corrected chi connectivity index (χ2v) is 8.78. The molecule has 3 heterocycles. The molecule has 1 aliphatic heterocycles. The van der Waals surface area contributed by atoms with Gasteiger partial charge in [-0.25, -0.2) is 0 Å². The molecule has 1 aliphatic rings. The molecule has 2 aromatic carbocycles. The summed E-state index contributed by atoms with van der Waals surface area (Å²) in [4.78, 5) is 6.80. The third-order valence-corrected chi connectivity index (χ3v) is 6.46. The van der Waals surface area contributed by atoms with E-state index in [9.17, 15) is 0 Å². The van der Waals surface area contributed by atoms with Gasteiger partial charge in [0, 0.05) is 40.0 Å². The van der Waals surface area contributed by atoms with Crippen LogP contribution in [0.2, 0.25) is 0 Å². The normalized spacial score (nSPS) is 17.9. The van der Waals surface area contributed by atoms with Crippen LogP contribution in [0.15, 0.2) is 95.7 Å². The minimum Gasteiger partial charge on any atom is -0.497 e. The van der Waals surface area contributed by atoms with Crippen LogP contribution in [0.25, 0.3) is 5.69 Å². The topological polar surface area (TPSA) is 42.3 Å². The maximum absolute atomic E-state index is 5.84. The van der Waals surface area contributed by atoms with Crippen molar-refractivity contribution >= 4 is 38.9 Å². The largest absolute Gasteiger partial charge is 0.497 e. The molecule has 1 saturated heterocycles. The molecule has 160 valence electrons. The number of thiocarbonyl (C=S) groups is 1. The second-order valence-electron chi connectivity index (χ2n) is 7.48. The second kappa shape index (κ2) is 8.76. The average Bonchev–Trinajstić information content (AvgIpc) is 3.44. The highest BCUT2D eigenvalue weighted by atomic mass is 79.9. The van der Waals surface area contributed by atoms with Crippen molar-refractivity contribution in [2.24, 2.45) is 0 Å². The van der Waals surface area contributed by atoms with E-state index >= 15 is 0 Å². The maximum atomic E-state index is 5.84. The first-order valence-corrected chi connectivity index (χ1v) is 11.4. The molecule has 0 bridgehead atoms. The molecular formula is C25H21BrN4OS. The van der Waals surface area contributed by atoms with Gasteiger partial charge in [0.25, 0.3) is 0 Å². The van der Waals surface area contributed by atoms with Crippen molar-refractivity contribution in [3.05, 3.63) is 107 Å². The van der Waals surface area contributed by atoms with Gasteiger partial charge in [-0.1, -0.05) is 28.1 Å². The Morgan fingerprint density at radius 2 is 1.81 bits per heavy atom. The number of nitrogens with one attached hydrogen (secondary N) is 1. The lowest BCUT2D eigenvalue weighted by Crippen LogP contribution is -2.30. The number of benzene rings is 2. The summed E-state index contributed by atoms with van der Waals surface area (Å²) in [7, 11) is 1.67. The summed E-state index contributed by atoms with van der Waals surface area (Å²) >= 11 is 9.37. The SMILES string of the molecule is COc1cccc(N2C(=S)NC(c3ccccn3)C2c2cccn2-c2ccc(Br)cc2)c1. The smallest absolute Gasteiger partial charge is 0.174 e. The van der Waals surface area contributed by atoms with Crippen LogP contribution in [0.4, 0.5) is 5.69 Å². The summed E-state index contributed by atoms with van der Waals surface area (Å²) in [5.41, 5.74) is 4.09. The number of anilines is 1. The Kier molecular flexibility index (Phi) is 5.68. The van der Waals surface area contributed by atoms with E-state index in [1.165, 1.54) is 0 Å². The summed E-state index contributed by atoms with van der Waals surface area (Å²) < 4.78 is 8.73. The van der Waals surface area contributed by atoms with Crippen LogP contribution in [-0.4, -0.2) is 21.8 Å². The van der Waals surface area contributed by atoms with Crippen molar-refractivity contribution in [2.45, 2.75) is 12.1 Å². The molecule has 0 aliphatic carbocycles. The Morgan fingerprint density at radius 1 is 0.969 bits per heavy atom. The van der Waals surface area contributed by atoms with Gasteiger partial charge in [-0.15, -0.1) is 0 Å². The van der Waals surface area contributed by atoms with E-state index in [0.717, 1.165) is 33.0 Å². The number of nitrogens with zero attached hydrogens (tertiary/aromatic N) is 3. The van der Waals surface area contributed by atoms with Crippen molar-refractivity contribution in [1.29, 1.82) is 0 Å². The van der Waals surface area contributed by atoms with Gasteiger partial charge in [0.15, 0.2) is 5.11 Å². The molecule has 4 aromatic rings. The Hall–Kier alpha value is -3.16. The van der Waals surface area contributed by atoms with E-state index in [-0.39, 0.29) is 12.1 Å². The summed E-state index contributed by atoms with van der Waals surface area (Å²) in [5.74, 6) is 0.786. The molecular weight excluding hydrogens is 484 g/mol. The van der Waals surface area contributed by atoms with Crippen molar-refractivity contribution in [3.63, 3.8) is 0 Å². The zero-order valence-electron chi connectivity index (χ0n) is 17.4. The predicted molar refractivity (Wildman–Crippen MR) is 134 cm³/mol. The fourth-order valence-corrected chi connectivity index (χ4v) is 4.78. The Morgan fingerprint density at radius 3 is 2.56 bits per heavy atom. The molecule has 0 saturated carbocycles. The zero-order valence-corrected chi connectivity index (χ0v) is 19.8. The highest BCUT2D eigenvalue weighted by molar-refractivity contribution is 9.10. The van der Waals surface area contributed by atoms with Gasteiger partial charge in [-0.2, -0.15) is 0 Å². The van der Waals surface area contributed by atoms with Gasteiger partial charge in [0.05, 0.1) is 18.8 Å². The zero-order chi connectivity index (χ0) is 22.1. The Balaban J connectivity index is 1.66. The molecule has 7 heteroatoms. The number of hydrogen-bond donors (Lipinski definition) is 1. The van der Waals surface area contributed by atoms with E-state index in [2.05, 4.69) is 72.2 Å². The Labute approximate surface area is 200 Å². The van der Waals surface area contributed by atoms with Crippen LogP contribution >= 0.6 is 28.1 Å². The molecule has 5 nitrogen and oxygen atoms in total. The van der Waals surface area contributed by atoms with E-state index in [0.29, 0.717) is 5.11 Å². The summed E-state index contributed by atoms with van der Waals surface area (Å²) in [6.07, 6.45) is 3.90. The van der Waals surface area contributed by atoms with Gasteiger partial charge in [-0.05, 0) is 72.9 Å². The number of ether oxygens (including phenoxy) is 1. The number of halogens is 1. The standard InChI is InChI=1S/C25H21BrN4OS/c1-31-20-7-4-6-19(16-20)30-24(23(28-25(30)32)21-8-2-3-14-27-21)22-9-5-15-29(22)18-12-10-17(26)11-13-18/h2-16,23-24H,1H3,(H,28,32). The van der Waals surface area contributed by atoms with E-state index in [4.69, 9.17) is 17.0 Å². The minimum atomic E-state index is -0.112. The highest BCUT2D eigenvalue weighted by Gasteiger charge is 2.42. The number of hydrogen-bond acceptors (Lipinski definition) is 3. The predicted octanol–water partition coefficient (Wildman–Crippen LogP) is 5.82. The quantitative estimate of drug-likeness (QED) is 0.346. The van der Waals surface area contributed by atoms with Crippen LogP contribution in [0.5, 0.6) is 5.75 Å². The molecule has 0 spiro atoms. The molecule has 2 atom stereocenters. The van der Waals surface area contributed by atoms with Gasteiger partial charge < -0.3 is 19.5 Å². The molecule has 2 unspecified atom stereocenters. The van der Waals surface area contributed by atoms with E-state index in [1.54, 1.807) is 7.11 Å². The number of pyridine rings is 1. The first-order chi connectivity index (χ1) is 15.7. The summed E-state index contributed by atoms with van der Waals surface area (Å²) in [5, 5.41) is 4.17. The summed E-state index contributed by atoms with van der Waals surface area (Å²) in [6.45, 7) is 0. The first kappa shape index (κ1) is 20.7. The molecule has 0 radical (unpaired) electrons. The lowest BCUT2D eigenvalue weighted by atomic mass is 10.0. The Bertz CT molecular complexity index is 1240. The maximum Gasteiger partial charge on any atom is 0.174 e. The van der Waals surface area contributed by atoms with Crippen LogP contribution in [0.3, 0.4) is 0 Å².